The minimum Gasteiger partial charge on any atom is -0.459 e. The fourth-order valence-electron chi connectivity index (χ4n) is 0.987. The standard InChI is InChI=1S/C9H15N3O2/c1-9(2,3)14-7(13)6-12-5-4-11-8(12)10/h4-5H,6H2,1-3H3,(H2,10,11). The Morgan fingerprint density at radius 3 is 2.71 bits per heavy atom. The molecule has 5 heteroatoms. The normalized spacial score (nSPS) is 11.4. The average Bonchev–Trinajstić information content (AvgIpc) is 2.32. The summed E-state index contributed by atoms with van der Waals surface area (Å²) in [4.78, 5) is 15.2. The summed E-state index contributed by atoms with van der Waals surface area (Å²) >= 11 is 0. The molecule has 0 spiro atoms. The van der Waals surface area contributed by atoms with Crippen LogP contribution in [0.4, 0.5) is 5.95 Å². The van der Waals surface area contributed by atoms with Crippen molar-refractivity contribution < 1.29 is 9.53 Å². The third-order valence-electron chi connectivity index (χ3n) is 1.47. The summed E-state index contributed by atoms with van der Waals surface area (Å²) in [5, 5.41) is 0. The van der Waals surface area contributed by atoms with Crippen LogP contribution in [-0.2, 0) is 16.1 Å². The zero-order chi connectivity index (χ0) is 10.8. The lowest BCUT2D eigenvalue weighted by Crippen LogP contribution is -2.26. The number of imidazole rings is 1. The largest absolute Gasteiger partial charge is 0.459 e. The first-order valence-electron chi connectivity index (χ1n) is 4.37. The van der Waals surface area contributed by atoms with Gasteiger partial charge in [0.2, 0.25) is 5.95 Å². The van der Waals surface area contributed by atoms with Gasteiger partial charge in [-0.3, -0.25) is 4.79 Å². The van der Waals surface area contributed by atoms with Crippen LogP contribution in [0.15, 0.2) is 12.4 Å². The zero-order valence-corrected chi connectivity index (χ0v) is 8.65. The zero-order valence-electron chi connectivity index (χ0n) is 8.65. The van der Waals surface area contributed by atoms with Gasteiger partial charge in [-0.1, -0.05) is 0 Å². The van der Waals surface area contributed by atoms with Crippen molar-refractivity contribution >= 4 is 11.9 Å². The Kier molecular flexibility index (Phi) is 2.78. The second-order valence-corrected chi connectivity index (χ2v) is 4.00. The topological polar surface area (TPSA) is 70.1 Å². The number of hydrogen-bond acceptors (Lipinski definition) is 4. The number of carbonyl (C=O) groups is 1. The minimum absolute atomic E-state index is 0.100. The Labute approximate surface area is 82.9 Å². The predicted octanol–water partition coefficient (Wildman–Crippen LogP) is 0.807. The van der Waals surface area contributed by atoms with Crippen LogP contribution in [0.5, 0.6) is 0 Å². The predicted molar refractivity (Wildman–Crippen MR) is 52.5 cm³/mol. The molecule has 0 radical (unpaired) electrons. The van der Waals surface area contributed by atoms with Gasteiger partial charge in [0, 0.05) is 12.4 Å². The number of nitrogens with zero attached hydrogens (tertiary/aromatic N) is 2. The van der Waals surface area contributed by atoms with Gasteiger partial charge in [-0.2, -0.15) is 0 Å². The van der Waals surface area contributed by atoms with Crippen molar-refractivity contribution in [3.05, 3.63) is 12.4 Å². The average molecular weight is 197 g/mol. The summed E-state index contributed by atoms with van der Waals surface area (Å²) in [5.74, 6) is -0.00180. The molecule has 0 fully saturated rings. The van der Waals surface area contributed by atoms with Gasteiger partial charge in [-0.25, -0.2) is 4.98 Å². The van der Waals surface area contributed by atoms with Gasteiger partial charge in [-0.15, -0.1) is 0 Å². The Bertz CT molecular complexity index is 325. The molecule has 0 unspecified atom stereocenters. The van der Waals surface area contributed by atoms with E-state index in [1.165, 1.54) is 4.57 Å². The van der Waals surface area contributed by atoms with Crippen LogP contribution in [0.3, 0.4) is 0 Å². The summed E-state index contributed by atoms with van der Waals surface area (Å²) in [5.41, 5.74) is 5.03. The summed E-state index contributed by atoms with van der Waals surface area (Å²) in [6.45, 7) is 5.57. The number of carbonyl (C=O) groups excluding carboxylic acids is 1. The van der Waals surface area contributed by atoms with Crippen molar-refractivity contribution in [2.75, 3.05) is 5.73 Å². The summed E-state index contributed by atoms with van der Waals surface area (Å²) in [6.07, 6.45) is 3.18. The number of hydrogen-bond donors (Lipinski definition) is 1. The lowest BCUT2D eigenvalue weighted by Gasteiger charge is -2.19. The van der Waals surface area contributed by atoms with Gasteiger partial charge in [-0.05, 0) is 20.8 Å². The van der Waals surface area contributed by atoms with Crippen molar-refractivity contribution in [2.24, 2.45) is 0 Å². The van der Waals surface area contributed by atoms with E-state index in [0.29, 0.717) is 5.95 Å². The molecule has 0 saturated heterocycles. The van der Waals surface area contributed by atoms with Gasteiger partial charge >= 0.3 is 5.97 Å². The van der Waals surface area contributed by atoms with Crippen LogP contribution in [0.2, 0.25) is 0 Å². The van der Waals surface area contributed by atoms with Crippen molar-refractivity contribution in [1.29, 1.82) is 0 Å². The molecule has 78 valence electrons. The molecule has 1 heterocycles. The second-order valence-electron chi connectivity index (χ2n) is 4.00. The summed E-state index contributed by atoms with van der Waals surface area (Å²) in [7, 11) is 0. The number of aromatic nitrogens is 2. The van der Waals surface area contributed by atoms with Crippen molar-refractivity contribution in [3.8, 4) is 0 Å². The Morgan fingerprint density at radius 1 is 1.64 bits per heavy atom. The van der Waals surface area contributed by atoms with Gasteiger partial charge in [0.05, 0.1) is 0 Å². The first-order chi connectivity index (χ1) is 6.38. The van der Waals surface area contributed by atoms with E-state index >= 15 is 0 Å². The van der Waals surface area contributed by atoms with E-state index in [0.717, 1.165) is 0 Å². The first-order valence-corrected chi connectivity index (χ1v) is 4.37. The lowest BCUT2D eigenvalue weighted by molar-refractivity contribution is -0.155. The SMILES string of the molecule is CC(C)(C)OC(=O)Cn1ccnc1N. The number of esters is 1. The van der Waals surface area contributed by atoms with Crippen molar-refractivity contribution in [2.45, 2.75) is 32.9 Å². The summed E-state index contributed by atoms with van der Waals surface area (Å²) in [6, 6.07) is 0. The molecule has 0 atom stereocenters. The third-order valence-corrected chi connectivity index (χ3v) is 1.47. The van der Waals surface area contributed by atoms with Crippen LogP contribution in [0.25, 0.3) is 0 Å². The molecule has 0 aliphatic carbocycles. The third kappa shape index (κ3) is 3.08. The van der Waals surface area contributed by atoms with Gasteiger partial charge in [0.25, 0.3) is 0 Å². The van der Waals surface area contributed by atoms with E-state index in [-0.39, 0.29) is 12.5 Å². The first kappa shape index (κ1) is 10.6. The fraction of sp³-hybridized carbons (Fsp3) is 0.556. The van der Waals surface area contributed by atoms with E-state index < -0.39 is 5.60 Å². The van der Waals surface area contributed by atoms with E-state index in [2.05, 4.69) is 4.98 Å². The van der Waals surface area contributed by atoms with E-state index in [1.807, 2.05) is 20.8 Å². The number of nitrogens with two attached hydrogens (primary N) is 1. The maximum absolute atomic E-state index is 11.4. The molecular formula is C9H15N3O2. The molecule has 0 aliphatic heterocycles. The monoisotopic (exact) mass is 197 g/mol. The number of rotatable bonds is 2. The highest BCUT2D eigenvalue weighted by Crippen LogP contribution is 2.08. The highest BCUT2D eigenvalue weighted by Gasteiger charge is 2.16. The van der Waals surface area contributed by atoms with Crippen molar-refractivity contribution in [3.63, 3.8) is 0 Å². The Morgan fingerprint density at radius 2 is 2.29 bits per heavy atom. The Balaban J connectivity index is 2.54. The van der Waals surface area contributed by atoms with E-state index in [9.17, 15) is 4.79 Å². The molecule has 1 rings (SSSR count). The number of nitrogen functional groups attached to an aromatic ring is 1. The van der Waals surface area contributed by atoms with Gasteiger partial charge < -0.3 is 15.0 Å². The van der Waals surface area contributed by atoms with E-state index in [4.69, 9.17) is 10.5 Å². The molecule has 0 aromatic carbocycles. The van der Waals surface area contributed by atoms with Gasteiger partial charge in [0.1, 0.15) is 12.1 Å². The highest BCUT2D eigenvalue weighted by atomic mass is 16.6. The number of ether oxygens (including phenoxy) is 1. The minimum atomic E-state index is -0.466. The molecule has 2 N–H and O–H groups in total. The van der Waals surface area contributed by atoms with Crippen LogP contribution in [0.1, 0.15) is 20.8 Å². The van der Waals surface area contributed by atoms with Crippen LogP contribution in [-0.4, -0.2) is 21.1 Å². The lowest BCUT2D eigenvalue weighted by atomic mass is 10.2. The molecule has 0 amide bonds. The quantitative estimate of drug-likeness (QED) is 0.712. The van der Waals surface area contributed by atoms with Crippen LogP contribution < -0.4 is 5.73 Å². The molecule has 0 bridgehead atoms. The molecule has 5 nitrogen and oxygen atoms in total. The molecule has 0 aliphatic rings. The molecular weight excluding hydrogens is 182 g/mol. The fourth-order valence-corrected chi connectivity index (χ4v) is 0.987. The molecule has 1 aromatic rings. The number of anilines is 1. The smallest absolute Gasteiger partial charge is 0.326 e. The maximum atomic E-state index is 11.4. The Hall–Kier alpha value is -1.52. The van der Waals surface area contributed by atoms with Gasteiger partial charge in [0.15, 0.2) is 0 Å². The molecule has 1 aromatic heterocycles. The van der Waals surface area contributed by atoms with Crippen LogP contribution in [0, 0.1) is 0 Å². The molecule has 14 heavy (non-hydrogen) atoms. The molecule has 0 saturated carbocycles. The second kappa shape index (κ2) is 3.69. The van der Waals surface area contributed by atoms with Crippen molar-refractivity contribution in [1.82, 2.24) is 9.55 Å². The highest BCUT2D eigenvalue weighted by molar-refractivity contribution is 5.70. The van der Waals surface area contributed by atoms with Crippen LogP contribution >= 0.6 is 0 Å². The summed E-state index contributed by atoms with van der Waals surface area (Å²) < 4.78 is 6.66. The van der Waals surface area contributed by atoms with E-state index in [1.54, 1.807) is 12.4 Å². The maximum Gasteiger partial charge on any atom is 0.326 e.